The zero-order chi connectivity index (χ0) is 21.0. The van der Waals surface area contributed by atoms with Crippen molar-refractivity contribution in [2.24, 2.45) is 11.8 Å². The number of hydrogen-bond acceptors (Lipinski definition) is 4. The largest absolute Gasteiger partial charge is 0.419 e. The molecule has 2 aliphatic heterocycles. The van der Waals surface area contributed by atoms with Gasteiger partial charge in [-0.3, -0.25) is 4.79 Å². The highest BCUT2D eigenvalue weighted by molar-refractivity contribution is 5.80. The smallest absolute Gasteiger partial charge is 0.355 e. The van der Waals surface area contributed by atoms with E-state index in [9.17, 15) is 18.0 Å². The van der Waals surface area contributed by atoms with Gasteiger partial charge in [-0.2, -0.15) is 13.2 Å². The van der Waals surface area contributed by atoms with Gasteiger partial charge in [0.25, 0.3) is 0 Å². The lowest BCUT2D eigenvalue weighted by Crippen LogP contribution is -2.50. The maximum absolute atomic E-state index is 13.3. The second-order valence-corrected chi connectivity index (χ2v) is 8.63. The molecule has 1 aromatic heterocycles. The number of rotatable bonds is 5. The minimum absolute atomic E-state index is 0.0403. The molecular weight excluding hydrogens is 381 g/mol. The van der Waals surface area contributed by atoms with Gasteiger partial charge in [0.2, 0.25) is 5.91 Å². The van der Waals surface area contributed by atoms with Crippen molar-refractivity contribution in [3.63, 3.8) is 0 Å². The molecule has 2 saturated heterocycles. The van der Waals surface area contributed by atoms with Crippen molar-refractivity contribution in [3.05, 3.63) is 23.9 Å². The van der Waals surface area contributed by atoms with E-state index in [-0.39, 0.29) is 30.2 Å². The van der Waals surface area contributed by atoms with Crippen LogP contribution in [0.25, 0.3) is 0 Å². The number of amides is 1. The fourth-order valence-electron chi connectivity index (χ4n) is 4.35. The second kappa shape index (κ2) is 9.32. The van der Waals surface area contributed by atoms with Crippen LogP contribution in [0.3, 0.4) is 0 Å². The first-order valence-corrected chi connectivity index (χ1v) is 10.5. The molecule has 29 heavy (non-hydrogen) atoms. The van der Waals surface area contributed by atoms with Gasteiger partial charge >= 0.3 is 6.18 Å². The summed E-state index contributed by atoms with van der Waals surface area (Å²) < 4.78 is 40.0. The Kier molecular flexibility index (Phi) is 7.03. The normalized spacial score (nSPS) is 22.1. The molecule has 3 heterocycles. The fourth-order valence-corrected chi connectivity index (χ4v) is 4.35. The van der Waals surface area contributed by atoms with Gasteiger partial charge in [0.15, 0.2) is 0 Å². The molecule has 0 saturated carbocycles. The average Bonchev–Trinajstić information content (AvgIpc) is 2.68. The molecule has 8 heteroatoms. The summed E-state index contributed by atoms with van der Waals surface area (Å²) in [5, 5.41) is 3.14. The number of halogens is 3. The van der Waals surface area contributed by atoms with Crippen LogP contribution in [0.15, 0.2) is 18.3 Å². The van der Waals surface area contributed by atoms with Crippen molar-refractivity contribution < 1.29 is 18.0 Å². The van der Waals surface area contributed by atoms with E-state index in [2.05, 4.69) is 29.0 Å². The zero-order valence-electron chi connectivity index (χ0n) is 17.2. The third-order valence-corrected chi connectivity index (χ3v) is 5.74. The Morgan fingerprint density at radius 2 is 1.97 bits per heavy atom. The first-order chi connectivity index (χ1) is 13.7. The molecule has 3 rings (SSSR count). The molecule has 2 fully saturated rings. The summed E-state index contributed by atoms with van der Waals surface area (Å²) >= 11 is 0. The van der Waals surface area contributed by atoms with E-state index in [0.717, 1.165) is 38.5 Å². The lowest BCUT2D eigenvalue weighted by Gasteiger charge is -2.36. The van der Waals surface area contributed by atoms with E-state index < -0.39 is 11.7 Å². The van der Waals surface area contributed by atoms with E-state index in [1.807, 2.05) is 0 Å². The molecule has 0 bridgehead atoms. The number of carbonyl (C=O) groups is 1. The van der Waals surface area contributed by atoms with Crippen LogP contribution >= 0.6 is 0 Å². The van der Waals surface area contributed by atoms with Crippen molar-refractivity contribution in [1.29, 1.82) is 0 Å². The molecule has 5 nitrogen and oxygen atoms in total. The third kappa shape index (κ3) is 5.84. The highest BCUT2D eigenvalue weighted by Crippen LogP contribution is 2.36. The van der Waals surface area contributed by atoms with E-state index in [0.29, 0.717) is 25.3 Å². The van der Waals surface area contributed by atoms with Crippen molar-refractivity contribution in [2.45, 2.75) is 51.7 Å². The first kappa shape index (κ1) is 21.9. The van der Waals surface area contributed by atoms with E-state index in [1.54, 1.807) is 4.90 Å². The lowest BCUT2D eigenvalue weighted by atomic mass is 9.95. The van der Waals surface area contributed by atoms with Crippen LogP contribution < -0.4 is 10.2 Å². The van der Waals surface area contributed by atoms with Crippen LogP contribution in [-0.4, -0.2) is 54.6 Å². The van der Waals surface area contributed by atoms with Crippen LogP contribution in [-0.2, 0) is 11.0 Å². The molecule has 162 valence electrons. The summed E-state index contributed by atoms with van der Waals surface area (Å²) in [5.41, 5.74) is -0.737. The van der Waals surface area contributed by atoms with Crippen molar-refractivity contribution in [2.75, 3.05) is 37.6 Å². The third-order valence-electron chi connectivity index (χ3n) is 5.74. The number of nitrogens with one attached hydrogen (secondary N) is 1. The number of piperidine rings is 2. The van der Waals surface area contributed by atoms with Gasteiger partial charge in [-0.15, -0.1) is 0 Å². The molecule has 2 aliphatic rings. The highest BCUT2D eigenvalue weighted by Gasteiger charge is 2.37. The minimum atomic E-state index is -4.46. The van der Waals surface area contributed by atoms with E-state index >= 15 is 0 Å². The first-order valence-electron chi connectivity index (χ1n) is 10.5. The maximum Gasteiger partial charge on any atom is 0.419 e. The number of anilines is 1. The molecule has 0 spiro atoms. The Morgan fingerprint density at radius 1 is 1.24 bits per heavy atom. The summed E-state index contributed by atoms with van der Waals surface area (Å²) in [6.07, 6.45) is 0.143. The minimum Gasteiger partial charge on any atom is -0.355 e. The zero-order valence-corrected chi connectivity index (χ0v) is 17.2. The van der Waals surface area contributed by atoms with Gasteiger partial charge in [0.05, 0.1) is 11.5 Å². The maximum atomic E-state index is 13.3. The summed E-state index contributed by atoms with van der Waals surface area (Å²) in [7, 11) is 0. The number of hydrogen-bond donors (Lipinski definition) is 1. The summed E-state index contributed by atoms with van der Waals surface area (Å²) in [5.74, 6) is 0.212. The SMILES string of the molecule is CC(C)CN1CCC(NC(=O)C2CCCN(c3ncccc3C(F)(F)F)C2)CC1. The van der Waals surface area contributed by atoms with Crippen molar-refractivity contribution in [1.82, 2.24) is 15.2 Å². The summed E-state index contributed by atoms with van der Waals surface area (Å²) in [6, 6.07) is 2.50. The number of aromatic nitrogens is 1. The standard InChI is InChI=1S/C21H31F3N4O/c1-15(2)13-27-11-7-17(8-12-27)26-20(29)16-5-4-10-28(14-16)19-18(21(22,23)24)6-3-9-25-19/h3,6,9,15-17H,4-5,7-8,10-14H2,1-2H3,(H,26,29). The summed E-state index contributed by atoms with van der Waals surface area (Å²) in [4.78, 5) is 20.8. The highest BCUT2D eigenvalue weighted by atomic mass is 19.4. The number of alkyl halides is 3. The number of nitrogens with zero attached hydrogens (tertiary/aromatic N) is 3. The lowest BCUT2D eigenvalue weighted by molar-refractivity contribution is -0.137. The molecular formula is C21H31F3N4O. The van der Waals surface area contributed by atoms with Crippen LogP contribution in [0.4, 0.5) is 19.0 Å². The van der Waals surface area contributed by atoms with Gasteiger partial charge in [0, 0.05) is 45.0 Å². The molecule has 0 aromatic carbocycles. The van der Waals surface area contributed by atoms with Crippen molar-refractivity contribution >= 4 is 11.7 Å². The Balaban J connectivity index is 1.57. The molecule has 0 radical (unpaired) electrons. The van der Waals surface area contributed by atoms with E-state index in [4.69, 9.17) is 0 Å². The number of likely N-dealkylation sites (tertiary alicyclic amines) is 1. The van der Waals surface area contributed by atoms with Gasteiger partial charge in [-0.25, -0.2) is 4.98 Å². The summed E-state index contributed by atoms with van der Waals surface area (Å²) in [6.45, 7) is 8.19. The van der Waals surface area contributed by atoms with Crippen LogP contribution in [0.1, 0.15) is 45.1 Å². The fraction of sp³-hybridized carbons (Fsp3) is 0.714. The number of pyridine rings is 1. The quantitative estimate of drug-likeness (QED) is 0.804. The number of carbonyl (C=O) groups excluding carboxylic acids is 1. The van der Waals surface area contributed by atoms with Gasteiger partial charge < -0.3 is 15.1 Å². The van der Waals surface area contributed by atoms with E-state index in [1.165, 1.54) is 12.3 Å². The van der Waals surface area contributed by atoms with Crippen LogP contribution in [0.2, 0.25) is 0 Å². The Hall–Kier alpha value is -1.83. The Labute approximate surface area is 170 Å². The van der Waals surface area contributed by atoms with Gasteiger partial charge in [0.1, 0.15) is 5.82 Å². The molecule has 1 aromatic rings. The predicted octanol–water partition coefficient (Wildman–Crippen LogP) is 3.55. The Morgan fingerprint density at radius 3 is 2.62 bits per heavy atom. The average molecular weight is 413 g/mol. The molecule has 0 aliphatic carbocycles. The van der Waals surface area contributed by atoms with Gasteiger partial charge in [-0.05, 0) is 43.7 Å². The topological polar surface area (TPSA) is 48.5 Å². The monoisotopic (exact) mass is 412 g/mol. The van der Waals surface area contributed by atoms with Crippen LogP contribution in [0.5, 0.6) is 0 Å². The Bertz CT molecular complexity index is 687. The van der Waals surface area contributed by atoms with Gasteiger partial charge in [-0.1, -0.05) is 13.8 Å². The molecule has 1 atom stereocenters. The molecule has 1 N–H and O–H groups in total. The predicted molar refractivity (Wildman–Crippen MR) is 107 cm³/mol. The molecule has 1 amide bonds. The van der Waals surface area contributed by atoms with Crippen molar-refractivity contribution in [3.8, 4) is 0 Å². The van der Waals surface area contributed by atoms with Crippen LogP contribution in [0, 0.1) is 11.8 Å². The second-order valence-electron chi connectivity index (χ2n) is 8.63. The molecule has 1 unspecified atom stereocenters.